The molecule has 1 amide bonds. The lowest BCUT2D eigenvalue weighted by Gasteiger charge is -2.18. The molecule has 2 rings (SSSR count). The molecule has 0 saturated carbocycles. The fourth-order valence-electron chi connectivity index (χ4n) is 2.85. The standard InChI is InChI=1S/C23H32N4O2.HI/c1-4-27(5-2)22(28)20-14-12-19(13-15-20)18-26-23(24-3)25-16-9-17-29-21-10-7-6-8-11-21;/h6-8,10-15H,4-5,9,16-18H2,1-3H3,(H2,24,25,26);1H. The highest BCUT2D eigenvalue weighted by Gasteiger charge is 2.11. The second-order valence-corrected chi connectivity index (χ2v) is 6.54. The van der Waals surface area contributed by atoms with E-state index in [9.17, 15) is 4.79 Å². The molecule has 0 aliphatic rings. The van der Waals surface area contributed by atoms with Gasteiger partial charge in [0.25, 0.3) is 5.91 Å². The van der Waals surface area contributed by atoms with E-state index in [4.69, 9.17) is 4.74 Å². The van der Waals surface area contributed by atoms with Gasteiger partial charge in [0, 0.05) is 38.8 Å². The molecule has 0 aliphatic carbocycles. The predicted molar refractivity (Wildman–Crippen MR) is 134 cm³/mol. The van der Waals surface area contributed by atoms with Crippen LogP contribution in [0, 0.1) is 0 Å². The quantitative estimate of drug-likeness (QED) is 0.214. The van der Waals surface area contributed by atoms with Gasteiger partial charge in [-0.1, -0.05) is 30.3 Å². The van der Waals surface area contributed by atoms with Crippen LogP contribution in [0.1, 0.15) is 36.2 Å². The number of nitrogens with zero attached hydrogens (tertiary/aromatic N) is 2. The zero-order chi connectivity index (χ0) is 20.9. The Labute approximate surface area is 197 Å². The molecule has 164 valence electrons. The van der Waals surface area contributed by atoms with Gasteiger partial charge < -0.3 is 20.3 Å². The molecule has 7 heteroatoms. The molecule has 0 bridgehead atoms. The van der Waals surface area contributed by atoms with Crippen LogP contribution >= 0.6 is 24.0 Å². The van der Waals surface area contributed by atoms with Crippen molar-refractivity contribution in [1.82, 2.24) is 15.5 Å². The highest BCUT2D eigenvalue weighted by molar-refractivity contribution is 14.0. The molecule has 0 atom stereocenters. The van der Waals surface area contributed by atoms with E-state index in [0.717, 1.165) is 48.9 Å². The number of ether oxygens (including phenoxy) is 1. The molecule has 0 heterocycles. The first-order valence-corrected chi connectivity index (χ1v) is 10.2. The van der Waals surface area contributed by atoms with E-state index >= 15 is 0 Å². The molecule has 30 heavy (non-hydrogen) atoms. The van der Waals surface area contributed by atoms with E-state index in [2.05, 4.69) is 15.6 Å². The maximum absolute atomic E-state index is 12.4. The lowest BCUT2D eigenvalue weighted by atomic mass is 10.1. The van der Waals surface area contributed by atoms with Crippen LogP contribution in [-0.4, -0.2) is 50.1 Å². The number of rotatable bonds is 10. The minimum Gasteiger partial charge on any atom is -0.494 e. The third-order valence-electron chi connectivity index (χ3n) is 4.56. The number of benzene rings is 2. The Hall–Kier alpha value is -2.29. The molecule has 0 fully saturated rings. The zero-order valence-electron chi connectivity index (χ0n) is 18.1. The number of hydrogen-bond acceptors (Lipinski definition) is 3. The maximum atomic E-state index is 12.4. The molecule has 2 aromatic carbocycles. The number of amides is 1. The monoisotopic (exact) mass is 524 g/mol. The largest absolute Gasteiger partial charge is 0.494 e. The van der Waals surface area contributed by atoms with Crippen molar-refractivity contribution in [3.63, 3.8) is 0 Å². The van der Waals surface area contributed by atoms with Crippen molar-refractivity contribution in [1.29, 1.82) is 0 Å². The topological polar surface area (TPSA) is 66.0 Å². The number of carbonyl (C=O) groups excluding carboxylic acids is 1. The van der Waals surface area contributed by atoms with Gasteiger partial charge >= 0.3 is 0 Å². The Morgan fingerprint density at radius 2 is 1.67 bits per heavy atom. The summed E-state index contributed by atoms with van der Waals surface area (Å²) in [5.74, 6) is 1.70. The summed E-state index contributed by atoms with van der Waals surface area (Å²) < 4.78 is 5.68. The first-order valence-electron chi connectivity index (χ1n) is 10.2. The lowest BCUT2D eigenvalue weighted by molar-refractivity contribution is 0.0773. The van der Waals surface area contributed by atoms with Crippen molar-refractivity contribution in [2.75, 3.05) is 33.3 Å². The van der Waals surface area contributed by atoms with Crippen molar-refractivity contribution < 1.29 is 9.53 Å². The molecule has 0 aromatic heterocycles. The summed E-state index contributed by atoms with van der Waals surface area (Å²) >= 11 is 0. The SMILES string of the molecule is CCN(CC)C(=O)c1ccc(CNC(=NC)NCCCOc2ccccc2)cc1.I. The summed E-state index contributed by atoms with van der Waals surface area (Å²) in [5, 5.41) is 6.57. The Kier molecular flexibility index (Phi) is 12.6. The molecule has 0 radical (unpaired) electrons. The van der Waals surface area contributed by atoms with Crippen molar-refractivity contribution in [2.45, 2.75) is 26.8 Å². The van der Waals surface area contributed by atoms with Crippen LogP contribution in [0.3, 0.4) is 0 Å². The van der Waals surface area contributed by atoms with Crippen LogP contribution < -0.4 is 15.4 Å². The summed E-state index contributed by atoms with van der Waals surface area (Å²) in [5.41, 5.74) is 1.81. The van der Waals surface area contributed by atoms with E-state index in [0.29, 0.717) is 13.2 Å². The molecular weight excluding hydrogens is 491 g/mol. The van der Waals surface area contributed by atoms with Crippen LogP contribution in [0.25, 0.3) is 0 Å². The Morgan fingerprint density at radius 3 is 2.27 bits per heavy atom. The van der Waals surface area contributed by atoms with E-state index < -0.39 is 0 Å². The average Bonchev–Trinajstić information content (AvgIpc) is 2.77. The summed E-state index contributed by atoms with van der Waals surface area (Å²) in [6, 6.07) is 17.5. The third kappa shape index (κ3) is 8.61. The van der Waals surface area contributed by atoms with Crippen molar-refractivity contribution in [3.05, 3.63) is 65.7 Å². The van der Waals surface area contributed by atoms with Crippen molar-refractivity contribution in [3.8, 4) is 5.75 Å². The number of guanidine groups is 1. The minimum absolute atomic E-state index is 0. The van der Waals surface area contributed by atoms with Crippen molar-refractivity contribution in [2.24, 2.45) is 4.99 Å². The van der Waals surface area contributed by atoms with Crippen LogP contribution in [0.2, 0.25) is 0 Å². The average molecular weight is 524 g/mol. The van der Waals surface area contributed by atoms with Gasteiger partial charge in [-0.15, -0.1) is 24.0 Å². The second kappa shape index (κ2) is 14.7. The number of carbonyl (C=O) groups is 1. The molecule has 2 N–H and O–H groups in total. The smallest absolute Gasteiger partial charge is 0.253 e. The zero-order valence-corrected chi connectivity index (χ0v) is 20.4. The summed E-state index contributed by atoms with van der Waals surface area (Å²) in [6.07, 6.45) is 0.873. The number of nitrogens with one attached hydrogen (secondary N) is 2. The van der Waals surface area contributed by atoms with Gasteiger partial charge in [0.2, 0.25) is 0 Å². The Morgan fingerprint density at radius 1 is 1.00 bits per heavy atom. The Balaban J connectivity index is 0.00000450. The van der Waals surface area contributed by atoms with E-state index in [1.54, 1.807) is 7.05 Å². The fourth-order valence-corrected chi connectivity index (χ4v) is 2.85. The van der Waals surface area contributed by atoms with E-state index in [-0.39, 0.29) is 29.9 Å². The molecular formula is C23H33IN4O2. The lowest BCUT2D eigenvalue weighted by Crippen LogP contribution is -2.37. The minimum atomic E-state index is 0. The predicted octanol–water partition coefficient (Wildman–Crippen LogP) is 3.92. The number of aliphatic imine (C=N–C) groups is 1. The summed E-state index contributed by atoms with van der Waals surface area (Å²) in [6.45, 7) is 7.48. The molecule has 0 spiro atoms. The van der Waals surface area contributed by atoms with Crippen LogP contribution in [0.15, 0.2) is 59.6 Å². The normalized spacial score (nSPS) is 10.7. The number of hydrogen-bond donors (Lipinski definition) is 2. The fraction of sp³-hybridized carbons (Fsp3) is 0.391. The first-order chi connectivity index (χ1) is 14.2. The third-order valence-corrected chi connectivity index (χ3v) is 4.56. The van der Waals surface area contributed by atoms with Gasteiger partial charge in [0.15, 0.2) is 5.96 Å². The molecule has 0 saturated heterocycles. The van der Waals surface area contributed by atoms with Gasteiger partial charge in [-0.05, 0) is 50.1 Å². The van der Waals surface area contributed by atoms with Crippen LogP contribution in [0.5, 0.6) is 5.75 Å². The van der Waals surface area contributed by atoms with Gasteiger partial charge in [-0.2, -0.15) is 0 Å². The highest BCUT2D eigenvalue weighted by atomic mass is 127. The van der Waals surface area contributed by atoms with Crippen LogP contribution in [-0.2, 0) is 6.54 Å². The van der Waals surface area contributed by atoms with E-state index in [1.165, 1.54) is 0 Å². The number of halogens is 1. The first kappa shape index (κ1) is 25.7. The van der Waals surface area contributed by atoms with Gasteiger partial charge in [0.05, 0.1) is 6.61 Å². The van der Waals surface area contributed by atoms with Gasteiger partial charge in [0.1, 0.15) is 5.75 Å². The van der Waals surface area contributed by atoms with Gasteiger partial charge in [-0.25, -0.2) is 0 Å². The number of para-hydroxylation sites is 1. The molecule has 6 nitrogen and oxygen atoms in total. The summed E-state index contributed by atoms with van der Waals surface area (Å²) in [4.78, 5) is 18.4. The Bertz CT molecular complexity index is 763. The van der Waals surface area contributed by atoms with Crippen LogP contribution in [0.4, 0.5) is 0 Å². The highest BCUT2D eigenvalue weighted by Crippen LogP contribution is 2.09. The second-order valence-electron chi connectivity index (χ2n) is 6.54. The molecule has 0 unspecified atom stereocenters. The maximum Gasteiger partial charge on any atom is 0.253 e. The summed E-state index contributed by atoms with van der Waals surface area (Å²) in [7, 11) is 1.75. The van der Waals surface area contributed by atoms with Crippen molar-refractivity contribution >= 4 is 35.8 Å². The van der Waals surface area contributed by atoms with Gasteiger partial charge in [-0.3, -0.25) is 9.79 Å². The molecule has 2 aromatic rings. The van der Waals surface area contributed by atoms with E-state index in [1.807, 2.05) is 73.3 Å². The molecule has 0 aliphatic heterocycles.